The molecular formula is C21H30O2. The molecule has 0 radical (unpaired) electrons. The number of hydrogen-bond acceptors (Lipinski definition) is 2. The third-order valence-corrected chi connectivity index (χ3v) is 7.60. The van der Waals surface area contributed by atoms with Crippen LogP contribution in [0.15, 0.2) is 18.2 Å². The first-order chi connectivity index (χ1) is 11.1. The first-order valence-electron chi connectivity index (χ1n) is 9.43. The van der Waals surface area contributed by atoms with Crippen molar-refractivity contribution < 1.29 is 9.84 Å². The molecule has 126 valence electrons. The first-order valence-corrected chi connectivity index (χ1v) is 9.43. The fraction of sp³-hybridized carbons (Fsp3) is 0.714. The lowest BCUT2D eigenvalue weighted by Gasteiger charge is -2.53. The maximum absolute atomic E-state index is 11.1. The van der Waals surface area contributed by atoms with Crippen LogP contribution in [-0.2, 0) is 6.42 Å². The average Bonchev–Trinajstić information content (AvgIpc) is 2.89. The van der Waals surface area contributed by atoms with Crippen molar-refractivity contribution in [3.63, 3.8) is 0 Å². The van der Waals surface area contributed by atoms with Gasteiger partial charge in [0.15, 0.2) is 0 Å². The molecule has 0 aromatic heterocycles. The fourth-order valence-corrected chi connectivity index (χ4v) is 6.54. The zero-order chi connectivity index (χ0) is 16.2. The summed E-state index contributed by atoms with van der Waals surface area (Å²) in [5.74, 6) is 3.57. The van der Waals surface area contributed by atoms with E-state index in [2.05, 4.69) is 32.0 Å². The van der Waals surface area contributed by atoms with Crippen molar-refractivity contribution in [2.75, 3.05) is 7.11 Å². The van der Waals surface area contributed by atoms with Crippen molar-refractivity contribution in [2.45, 2.75) is 64.4 Å². The lowest BCUT2D eigenvalue weighted by molar-refractivity contribution is -0.0555. The summed E-state index contributed by atoms with van der Waals surface area (Å²) in [6.45, 7) is 4.81. The first kappa shape index (κ1) is 15.5. The second kappa shape index (κ2) is 5.51. The zero-order valence-corrected chi connectivity index (χ0v) is 14.7. The van der Waals surface area contributed by atoms with E-state index in [0.717, 1.165) is 30.4 Å². The Morgan fingerprint density at radius 1 is 1.26 bits per heavy atom. The van der Waals surface area contributed by atoms with Gasteiger partial charge >= 0.3 is 0 Å². The van der Waals surface area contributed by atoms with E-state index < -0.39 is 0 Å². The van der Waals surface area contributed by atoms with Crippen molar-refractivity contribution >= 4 is 0 Å². The van der Waals surface area contributed by atoms with Gasteiger partial charge in [-0.15, -0.1) is 0 Å². The Balaban J connectivity index is 1.71. The molecule has 3 aliphatic carbocycles. The van der Waals surface area contributed by atoms with E-state index in [1.165, 1.54) is 36.8 Å². The van der Waals surface area contributed by atoms with Gasteiger partial charge in [-0.05, 0) is 78.5 Å². The van der Waals surface area contributed by atoms with Crippen LogP contribution in [0.1, 0.15) is 63.0 Å². The minimum absolute atomic E-state index is 0.180. The zero-order valence-electron chi connectivity index (χ0n) is 14.7. The molecule has 0 aliphatic heterocycles. The lowest BCUT2D eigenvalue weighted by atomic mass is 9.53. The maximum Gasteiger partial charge on any atom is 0.119 e. The minimum Gasteiger partial charge on any atom is -0.497 e. The SMILES string of the molecule is CCC1CCC2C3CCc4cc(OC)ccc4C3[C@H](O)C[C@]12C. The predicted molar refractivity (Wildman–Crippen MR) is 92.8 cm³/mol. The molecule has 4 rings (SSSR count). The van der Waals surface area contributed by atoms with E-state index in [0.29, 0.717) is 17.3 Å². The molecule has 0 spiro atoms. The van der Waals surface area contributed by atoms with E-state index in [-0.39, 0.29) is 6.10 Å². The molecule has 0 heterocycles. The van der Waals surface area contributed by atoms with Gasteiger partial charge in [0.25, 0.3) is 0 Å². The number of fused-ring (bicyclic) bond motifs is 5. The molecule has 3 aliphatic rings. The summed E-state index contributed by atoms with van der Waals surface area (Å²) in [6, 6.07) is 6.49. The van der Waals surface area contributed by atoms with Crippen LogP contribution in [0.3, 0.4) is 0 Å². The number of aliphatic hydroxyl groups is 1. The van der Waals surface area contributed by atoms with Crippen molar-refractivity contribution in [1.29, 1.82) is 0 Å². The molecule has 23 heavy (non-hydrogen) atoms. The Labute approximate surface area is 140 Å². The molecule has 4 unspecified atom stereocenters. The summed E-state index contributed by atoms with van der Waals surface area (Å²) in [7, 11) is 1.73. The summed E-state index contributed by atoms with van der Waals surface area (Å²) >= 11 is 0. The molecule has 0 bridgehead atoms. The van der Waals surface area contributed by atoms with Crippen LogP contribution >= 0.6 is 0 Å². The molecule has 1 N–H and O–H groups in total. The molecule has 1 aromatic rings. The summed E-state index contributed by atoms with van der Waals surface area (Å²) in [4.78, 5) is 0. The Bertz CT molecular complexity index is 596. The van der Waals surface area contributed by atoms with Crippen LogP contribution in [-0.4, -0.2) is 18.3 Å². The predicted octanol–water partition coefficient (Wildman–Crippen LogP) is 4.55. The molecule has 2 saturated carbocycles. The molecule has 2 fully saturated rings. The fourth-order valence-electron chi connectivity index (χ4n) is 6.54. The van der Waals surface area contributed by atoms with Gasteiger partial charge in [-0.25, -0.2) is 0 Å². The molecule has 6 atom stereocenters. The van der Waals surface area contributed by atoms with Gasteiger partial charge in [0, 0.05) is 5.92 Å². The number of aliphatic hydroxyl groups excluding tert-OH is 1. The quantitative estimate of drug-likeness (QED) is 0.868. The van der Waals surface area contributed by atoms with Crippen LogP contribution in [0.25, 0.3) is 0 Å². The number of ether oxygens (including phenoxy) is 1. The van der Waals surface area contributed by atoms with E-state index >= 15 is 0 Å². The van der Waals surface area contributed by atoms with Crippen LogP contribution < -0.4 is 4.74 Å². The van der Waals surface area contributed by atoms with Crippen molar-refractivity contribution in [3.8, 4) is 5.75 Å². The van der Waals surface area contributed by atoms with Gasteiger partial charge in [0.2, 0.25) is 0 Å². The number of benzene rings is 1. The van der Waals surface area contributed by atoms with Gasteiger partial charge in [0.1, 0.15) is 5.75 Å². The highest BCUT2D eigenvalue weighted by molar-refractivity contribution is 5.41. The van der Waals surface area contributed by atoms with Crippen molar-refractivity contribution in [1.82, 2.24) is 0 Å². The highest BCUT2D eigenvalue weighted by Crippen LogP contribution is 2.63. The molecule has 0 saturated heterocycles. The Kier molecular flexibility index (Phi) is 3.72. The molecule has 0 amide bonds. The van der Waals surface area contributed by atoms with Crippen LogP contribution in [0.5, 0.6) is 5.75 Å². The van der Waals surface area contributed by atoms with E-state index in [1.807, 2.05) is 0 Å². The van der Waals surface area contributed by atoms with Crippen LogP contribution in [0.4, 0.5) is 0 Å². The smallest absolute Gasteiger partial charge is 0.119 e. The van der Waals surface area contributed by atoms with Crippen LogP contribution in [0, 0.1) is 23.2 Å². The van der Waals surface area contributed by atoms with Gasteiger partial charge in [-0.1, -0.05) is 26.3 Å². The Morgan fingerprint density at radius 2 is 2.09 bits per heavy atom. The summed E-state index contributed by atoms with van der Waals surface area (Å²) < 4.78 is 5.39. The monoisotopic (exact) mass is 314 g/mol. The Hall–Kier alpha value is -1.02. The van der Waals surface area contributed by atoms with Crippen molar-refractivity contribution in [2.24, 2.45) is 23.2 Å². The van der Waals surface area contributed by atoms with Gasteiger partial charge in [-0.2, -0.15) is 0 Å². The largest absolute Gasteiger partial charge is 0.497 e. The van der Waals surface area contributed by atoms with E-state index in [1.54, 1.807) is 7.11 Å². The third-order valence-electron chi connectivity index (χ3n) is 7.60. The highest BCUT2D eigenvalue weighted by atomic mass is 16.5. The second-order valence-electron chi connectivity index (χ2n) is 8.36. The number of hydrogen-bond donors (Lipinski definition) is 1. The number of methoxy groups -OCH3 is 1. The van der Waals surface area contributed by atoms with Gasteiger partial charge in [-0.3, -0.25) is 0 Å². The lowest BCUT2D eigenvalue weighted by Crippen LogP contribution is -2.48. The molecular weight excluding hydrogens is 284 g/mol. The van der Waals surface area contributed by atoms with E-state index in [4.69, 9.17) is 4.74 Å². The number of aryl methyl sites for hydroxylation is 1. The standard InChI is InChI=1S/C21H30O2/c1-4-14-6-10-18-17-8-5-13-11-15(23-3)7-9-16(13)20(17)19(22)12-21(14,18)2/h7,9,11,14,17-20,22H,4-6,8,10,12H2,1-3H3/t14?,17?,18?,19-,20?,21-/m1/s1. The Morgan fingerprint density at radius 3 is 2.83 bits per heavy atom. The second-order valence-corrected chi connectivity index (χ2v) is 8.36. The molecule has 2 nitrogen and oxygen atoms in total. The molecule has 2 heteroatoms. The van der Waals surface area contributed by atoms with Crippen LogP contribution in [0.2, 0.25) is 0 Å². The number of rotatable bonds is 2. The van der Waals surface area contributed by atoms with Gasteiger partial charge < -0.3 is 9.84 Å². The summed E-state index contributed by atoms with van der Waals surface area (Å²) in [5.41, 5.74) is 3.16. The van der Waals surface area contributed by atoms with Crippen molar-refractivity contribution in [3.05, 3.63) is 29.3 Å². The normalized spacial score (nSPS) is 41.8. The highest BCUT2D eigenvalue weighted by Gasteiger charge is 2.56. The summed E-state index contributed by atoms with van der Waals surface area (Å²) in [6.07, 6.45) is 7.19. The topological polar surface area (TPSA) is 29.5 Å². The molecule has 1 aromatic carbocycles. The third kappa shape index (κ3) is 2.17. The summed E-state index contributed by atoms with van der Waals surface area (Å²) in [5, 5.41) is 11.1. The average molecular weight is 314 g/mol. The van der Waals surface area contributed by atoms with E-state index in [9.17, 15) is 5.11 Å². The maximum atomic E-state index is 11.1. The minimum atomic E-state index is -0.180. The van der Waals surface area contributed by atoms with Gasteiger partial charge in [0.05, 0.1) is 13.2 Å².